The first kappa shape index (κ1) is 17.7. The second kappa shape index (κ2) is 11.3. The van der Waals surface area contributed by atoms with Crippen molar-refractivity contribution in [3.63, 3.8) is 0 Å². The number of hydrogen-bond acceptors (Lipinski definition) is 6. The predicted octanol–water partition coefficient (Wildman–Crippen LogP) is -1.15. The number of morpholine rings is 1. The third kappa shape index (κ3) is 9.24. The quantitative estimate of drug-likeness (QED) is 0.276. The Bertz CT molecular complexity index is 383. The van der Waals surface area contributed by atoms with E-state index in [0.29, 0.717) is 10.2 Å². The number of nitrogens with zero attached hydrogens (tertiary/aromatic N) is 3. The number of nitrogens with one attached hydrogen (secondary N) is 4. The summed E-state index contributed by atoms with van der Waals surface area (Å²) in [6.45, 7) is 5.25. The van der Waals surface area contributed by atoms with E-state index >= 15 is 0 Å². The third-order valence-corrected chi connectivity index (χ3v) is 3.12. The van der Waals surface area contributed by atoms with Crippen molar-refractivity contribution in [3.05, 3.63) is 0 Å². The van der Waals surface area contributed by atoms with Crippen LogP contribution in [0.1, 0.15) is 0 Å². The van der Waals surface area contributed by atoms with Crippen LogP contribution >= 0.6 is 24.4 Å². The average Bonchev–Trinajstić information content (AvgIpc) is 2.51. The number of rotatable bonds is 6. The van der Waals surface area contributed by atoms with Crippen molar-refractivity contribution < 1.29 is 4.74 Å². The van der Waals surface area contributed by atoms with E-state index in [1.54, 1.807) is 7.05 Å². The summed E-state index contributed by atoms with van der Waals surface area (Å²) < 4.78 is 5.29. The van der Waals surface area contributed by atoms with Gasteiger partial charge in [-0.25, -0.2) is 0 Å². The standard InChI is InChI=1S/C11H21N7OS2/c1-12-10(20)16-14-2-3-15-17-11(21)13-4-5-18-6-8-19-9-7-18/h2-3H,4-9H2,1H3,(H2,12,16,20)(H2,13,17,21)/b14-2+,15-3+. The van der Waals surface area contributed by atoms with Crippen LogP contribution in [-0.4, -0.2) is 74.0 Å². The van der Waals surface area contributed by atoms with Gasteiger partial charge in [0.25, 0.3) is 0 Å². The molecule has 0 radical (unpaired) electrons. The van der Waals surface area contributed by atoms with Gasteiger partial charge in [0.1, 0.15) is 0 Å². The lowest BCUT2D eigenvalue weighted by Gasteiger charge is -2.26. The summed E-state index contributed by atoms with van der Waals surface area (Å²) in [7, 11) is 1.71. The molecule has 0 saturated carbocycles. The second-order valence-corrected chi connectivity index (χ2v) is 4.89. The van der Waals surface area contributed by atoms with Crippen molar-refractivity contribution in [2.24, 2.45) is 10.2 Å². The molecule has 0 aromatic carbocycles. The summed E-state index contributed by atoms with van der Waals surface area (Å²) in [5, 5.41) is 14.4. The molecular formula is C11H21N7OS2. The molecule has 1 heterocycles. The first-order valence-corrected chi connectivity index (χ1v) is 7.40. The van der Waals surface area contributed by atoms with E-state index in [0.717, 1.165) is 39.4 Å². The van der Waals surface area contributed by atoms with Gasteiger partial charge in [-0.1, -0.05) is 0 Å². The molecule has 0 bridgehead atoms. The highest BCUT2D eigenvalue weighted by Crippen LogP contribution is 1.94. The van der Waals surface area contributed by atoms with Gasteiger partial charge in [0.2, 0.25) is 0 Å². The Morgan fingerprint density at radius 2 is 1.76 bits per heavy atom. The minimum absolute atomic E-state index is 0.438. The lowest BCUT2D eigenvalue weighted by molar-refractivity contribution is 0.0389. The molecule has 0 unspecified atom stereocenters. The van der Waals surface area contributed by atoms with E-state index in [1.165, 1.54) is 12.4 Å². The molecule has 21 heavy (non-hydrogen) atoms. The normalized spacial score (nSPS) is 16.0. The van der Waals surface area contributed by atoms with Crippen LogP contribution in [0.3, 0.4) is 0 Å². The Balaban J connectivity index is 2.03. The lowest BCUT2D eigenvalue weighted by atomic mass is 10.4. The molecule has 118 valence electrons. The van der Waals surface area contributed by atoms with Crippen molar-refractivity contribution in [2.45, 2.75) is 0 Å². The monoisotopic (exact) mass is 331 g/mol. The molecule has 1 aliphatic heterocycles. The van der Waals surface area contributed by atoms with Crippen molar-refractivity contribution in [1.29, 1.82) is 0 Å². The van der Waals surface area contributed by atoms with Gasteiger partial charge in [0.05, 0.1) is 25.6 Å². The van der Waals surface area contributed by atoms with Crippen LogP contribution < -0.4 is 21.5 Å². The van der Waals surface area contributed by atoms with Crippen LogP contribution in [0, 0.1) is 0 Å². The molecule has 0 atom stereocenters. The van der Waals surface area contributed by atoms with E-state index in [4.69, 9.17) is 29.2 Å². The molecule has 4 N–H and O–H groups in total. The number of ether oxygens (including phenoxy) is 1. The lowest BCUT2D eigenvalue weighted by Crippen LogP contribution is -2.42. The highest BCUT2D eigenvalue weighted by molar-refractivity contribution is 7.80. The Kier molecular flexibility index (Phi) is 9.53. The Morgan fingerprint density at radius 3 is 2.38 bits per heavy atom. The van der Waals surface area contributed by atoms with Crippen molar-refractivity contribution in [3.8, 4) is 0 Å². The van der Waals surface area contributed by atoms with Crippen molar-refractivity contribution in [2.75, 3.05) is 46.4 Å². The zero-order valence-electron chi connectivity index (χ0n) is 12.0. The number of thiocarbonyl (C=S) groups is 2. The van der Waals surface area contributed by atoms with Gasteiger partial charge >= 0.3 is 0 Å². The van der Waals surface area contributed by atoms with Crippen LogP contribution in [0.2, 0.25) is 0 Å². The maximum absolute atomic E-state index is 5.29. The van der Waals surface area contributed by atoms with Crippen LogP contribution in [0.4, 0.5) is 0 Å². The average molecular weight is 331 g/mol. The third-order valence-electron chi connectivity index (χ3n) is 2.59. The Labute approximate surface area is 135 Å². The maximum Gasteiger partial charge on any atom is 0.187 e. The van der Waals surface area contributed by atoms with E-state index in [-0.39, 0.29) is 0 Å². The fourth-order valence-electron chi connectivity index (χ4n) is 1.51. The zero-order valence-corrected chi connectivity index (χ0v) is 13.6. The molecule has 1 fully saturated rings. The first-order valence-electron chi connectivity index (χ1n) is 6.58. The molecule has 0 aliphatic carbocycles. The fourth-order valence-corrected chi connectivity index (χ4v) is 1.71. The molecule has 0 aromatic heterocycles. The van der Waals surface area contributed by atoms with Crippen LogP contribution in [0.15, 0.2) is 10.2 Å². The van der Waals surface area contributed by atoms with E-state index in [9.17, 15) is 0 Å². The molecule has 0 amide bonds. The highest BCUT2D eigenvalue weighted by Gasteiger charge is 2.09. The minimum atomic E-state index is 0.438. The van der Waals surface area contributed by atoms with Crippen molar-refractivity contribution in [1.82, 2.24) is 26.4 Å². The first-order chi connectivity index (χ1) is 10.2. The van der Waals surface area contributed by atoms with E-state index in [1.807, 2.05) is 0 Å². The summed E-state index contributed by atoms with van der Waals surface area (Å²) in [5.41, 5.74) is 5.30. The summed E-state index contributed by atoms with van der Waals surface area (Å²) >= 11 is 9.93. The van der Waals surface area contributed by atoms with Crippen molar-refractivity contribution >= 4 is 47.1 Å². The molecule has 1 saturated heterocycles. The van der Waals surface area contributed by atoms with Gasteiger partial charge in [0, 0.05) is 33.2 Å². The summed E-state index contributed by atoms with van der Waals surface area (Å²) in [5.74, 6) is 0. The van der Waals surface area contributed by atoms with Gasteiger partial charge < -0.3 is 15.4 Å². The van der Waals surface area contributed by atoms with E-state index < -0.39 is 0 Å². The maximum atomic E-state index is 5.29. The summed E-state index contributed by atoms with van der Waals surface area (Å²) in [6, 6.07) is 0. The molecule has 0 aromatic rings. The Morgan fingerprint density at radius 1 is 1.14 bits per heavy atom. The summed E-state index contributed by atoms with van der Waals surface area (Å²) in [6.07, 6.45) is 2.94. The molecule has 1 rings (SSSR count). The molecule has 10 heteroatoms. The predicted molar refractivity (Wildman–Crippen MR) is 92.8 cm³/mol. The van der Waals surface area contributed by atoms with Gasteiger partial charge in [-0.2, -0.15) is 10.2 Å². The van der Waals surface area contributed by atoms with Crippen LogP contribution in [0.25, 0.3) is 0 Å². The second-order valence-electron chi connectivity index (χ2n) is 4.07. The SMILES string of the molecule is CNC(=S)N/N=C/C=N/NC(=S)NCCN1CCOCC1. The molecule has 8 nitrogen and oxygen atoms in total. The number of hydrogen-bond donors (Lipinski definition) is 4. The topological polar surface area (TPSA) is 85.3 Å². The smallest absolute Gasteiger partial charge is 0.187 e. The van der Waals surface area contributed by atoms with Crippen LogP contribution in [0.5, 0.6) is 0 Å². The minimum Gasteiger partial charge on any atom is -0.379 e. The zero-order chi connectivity index (χ0) is 15.3. The van der Waals surface area contributed by atoms with Gasteiger partial charge in [-0.15, -0.1) is 0 Å². The fraction of sp³-hybridized carbons (Fsp3) is 0.636. The highest BCUT2D eigenvalue weighted by atomic mass is 32.1. The molecular weight excluding hydrogens is 310 g/mol. The van der Waals surface area contributed by atoms with Gasteiger partial charge in [-0.3, -0.25) is 15.8 Å². The molecule has 1 aliphatic rings. The van der Waals surface area contributed by atoms with E-state index in [2.05, 4.69) is 36.6 Å². The number of hydrazone groups is 2. The van der Waals surface area contributed by atoms with Gasteiger partial charge in [0.15, 0.2) is 10.2 Å². The Hall–Kier alpha value is -1.36. The largest absolute Gasteiger partial charge is 0.379 e. The molecule has 0 spiro atoms. The van der Waals surface area contributed by atoms with Gasteiger partial charge in [-0.05, 0) is 24.4 Å². The summed E-state index contributed by atoms with van der Waals surface area (Å²) in [4.78, 5) is 2.32. The van der Waals surface area contributed by atoms with Crippen LogP contribution in [-0.2, 0) is 4.74 Å².